The number of aliphatic carboxylic acids is 1. The van der Waals surface area contributed by atoms with Gasteiger partial charge in [0.1, 0.15) is 0 Å². The Bertz CT molecular complexity index is 372. The van der Waals surface area contributed by atoms with Crippen LogP contribution in [0.4, 0.5) is 8.78 Å². The number of carboxylic acids is 1. The molecule has 0 saturated heterocycles. The zero-order valence-corrected chi connectivity index (χ0v) is 7.80. The second-order valence-electron chi connectivity index (χ2n) is 3.54. The first-order valence-corrected chi connectivity index (χ1v) is 4.02. The molecule has 1 aromatic rings. The van der Waals surface area contributed by atoms with E-state index in [9.17, 15) is 18.7 Å². The van der Waals surface area contributed by atoms with Crippen LogP contribution in [0.2, 0.25) is 0 Å². The monoisotopic (exact) mass is 199 g/mol. The Hall–Kier alpha value is -1.45. The number of carbonyl (C=O) groups is 1. The largest absolute Gasteiger partial charge is 0.549 e. The van der Waals surface area contributed by atoms with Gasteiger partial charge in [-0.1, -0.05) is 19.9 Å². The van der Waals surface area contributed by atoms with Crippen LogP contribution in [0.5, 0.6) is 0 Å². The normalized spacial score (nSPS) is 11.4. The molecule has 2 nitrogen and oxygen atoms in total. The number of benzene rings is 1. The lowest BCUT2D eigenvalue weighted by atomic mass is 9.85. The molecule has 0 N–H and O–H groups in total. The minimum atomic E-state index is -1.33. The van der Waals surface area contributed by atoms with Crippen molar-refractivity contribution in [2.24, 2.45) is 0 Å². The molecule has 76 valence electrons. The van der Waals surface area contributed by atoms with Crippen LogP contribution in [-0.2, 0) is 10.2 Å². The van der Waals surface area contributed by atoms with Gasteiger partial charge in [-0.3, -0.25) is 0 Å². The van der Waals surface area contributed by atoms with E-state index in [4.69, 9.17) is 0 Å². The molecular formula is C10H9F2O2-. The molecule has 1 rings (SSSR count). The van der Waals surface area contributed by atoms with E-state index in [-0.39, 0.29) is 5.56 Å². The fourth-order valence-corrected chi connectivity index (χ4v) is 1.00. The average molecular weight is 199 g/mol. The maximum absolute atomic E-state index is 12.8. The second-order valence-corrected chi connectivity index (χ2v) is 3.54. The molecule has 0 fully saturated rings. The van der Waals surface area contributed by atoms with Gasteiger partial charge < -0.3 is 9.90 Å². The standard InChI is InChI=1S/C10H10F2O2/c1-10(2,9(13)14)6-3-4-7(11)8(12)5-6/h3-5H,1-2H3,(H,13,14)/p-1. The highest BCUT2D eigenvalue weighted by molar-refractivity contribution is 5.78. The lowest BCUT2D eigenvalue weighted by Gasteiger charge is -2.26. The van der Waals surface area contributed by atoms with Crippen molar-refractivity contribution < 1.29 is 18.7 Å². The van der Waals surface area contributed by atoms with Gasteiger partial charge in [0.2, 0.25) is 0 Å². The highest BCUT2D eigenvalue weighted by Crippen LogP contribution is 2.23. The predicted molar refractivity (Wildman–Crippen MR) is 44.4 cm³/mol. The van der Waals surface area contributed by atoms with Crippen molar-refractivity contribution in [2.75, 3.05) is 0 Å². The quantitative estimate of drug-likeness (QED) is 0.712. The third-order valence-electron chi connectivity index (χ3n) is 2.15. The molecule has 0 amide bonds. The molecule has 0 saturated carbocycles. The molecule has 0 heterocycles. The summed E-state index contributed by atoms with van der Waals surface area (Å²) < 4.78 is 25.3. The molecule has 0 aromatic heterocycles. The Balaban J connectivity index is 3.21. The number of halogens is 2. The Kier molecular flexibility index (Phi) is 2.55. The number of carboxylic acid groups (broad SMARTS) is 1. The van der Waals surface area contributed by atoms with E-state index in [0.29, 0.717) is 0 Å². The molecule has 0 radical (unpaired) electrons. The molecule has 14 heavy (non-hydrogen) atoms. The molecule has 1 aromatic carbocycles. The Morgan fingerprint density at radius 2 is 1.86 bits per heavy atom. The number of carbonyl (C=O) groups excluding carboxylic acids is 1. The molecule has 0 aliphatic rings. The van der Waals surface area contributed by atoms with E-state index in [1.165, 1.54) is 19.9 Å². The van der Waals surface area contributed by atoms with Crippen LogP contribution >= 0.6 is 0 Å². The van der Waals surface area contributed by atoms with Crippen LogP contribution in [-0.4, -0.2) is 5.97 Å². The van der Waals surface area contributed by atoms with Crippen LogP contribution in [0, 0.1) is 11.6 Å². The van der Waals surface area contributed by atoms with Gasteiger partial charge in [0, 0.05) is 5.41 Å². The van der Waals surface area contributed by atoms with Crippen molar-refractivity contribution in [3.63, 3.8) is 0 Å². The Labute approximate surface area is 80.2 Å². The topological polar surface area (TPSA) is 40.1 Å². The van der Waals surface area contributed by atoms with Crippen molar-refractivity contribution in [2.45, 2.75) is 19.3 Å². The van der Waals surface area contributed by atoms with Gasteiger partial charge in [-0.25, -0.2) is 8.78 Å². The minimum absolute atomic E-state index is 0.177. The minimum Gasteiger partial charge on any atom is -0.549 e. The van der Waals surface area contributed by atoms with Gasteiger partial charge >= 0.3 is 0 Å². The van der Waals surface area contributed by atoms with Crippen LogP contribution in [0.15, 0.2) is 18.2 Å². The smallest absolute Gasteiger partial charge is 0.159 e. The number of hydrogen-bond acceptors (Lipinski definition) is 2. The summed E-state index contributed by atoms with van der Waals surface area (Å²) in [6.07, 6.45) is 0. The van der Waals surface area contributed by atoms with E-state index in [1.54, 1.807) is 0 Å². The lowest BCUT2D eigenvalue weighted by Crippen LogP contribution is -2.41. The van der Waals surface area contributed by atoms with Crippen molar-refractivity contribution >= 4 is 5.97 Å². The van der Waals surface area contributed by atoms with E-state index in [1.807, 2.05) is 0 Å². The van der Waals surface area contributed by atoms with E-state index in [0.717, 1.165) is 12.1 Å². The molecule has 0 spiro atoms. The zero-order chi connectivity index (χ0) is 10.9. The molecule has 0 bridgehead atoms. The highest BCUT2D eigenvalue weighted by atomic mass is 19.2. The van der Waals surface area contributed by atoms with Gasteiger partial charge in [0.05, 0.1) is 5.97 Å². The summed E-state index contributed by atoms with van der Waals surface area (Å²) >= 11 is 0. The summed E-state index contributed by atoms with van der Waals surface area (Å²) in [4.78, 5) is 10.7. The fourth-order valence-electron chi connectivity index (χ4n) is 1.00. The van der Waals surface area contributed by atoms with E-state index >= 15 is 0 Å². The van der Waals surface area contributed by atoms with Gasteiger partial charge in [-0.05, 0) is 17.7 Å². The summed E-state index contributed by atoms with van der Waals surface area (Å²) in [6, 6.07) is 2.99. The van der Waals surface area contributed by atoms with Gasteiger partial charge in [0.15, 0.2) is 11.6 Å². The van der Waals surface area contributed by atoms with Crippen molar-refractivity contribution in [1.29, 1.82) is 0 Å². The van der Waals surface area contributed by atoms with Crippen LogP contribution in [0.25, 0.3) is 0 Å². The second kappa shape index (κ2) is 3.36. The molecule has 0 atom stereocenters. The molecule has 0 aliphatic carbocycles. The van der Waals surface area contributed by atoms with Crippen LogP contribution in [0.1, 0.15) is 19.4 Å². The Morgan fingerprint density at radius 1 is 1.29 bits per heavy atom. The van der Waals surface area contributed by atoms with Crippen molar-refractivity contribution in [1.82, 2.24) is 0 Å². The number of rotatable bonds is 2. The summed E-state index contributed by atoms with van der Waals surface area (Å²) in [7, 11) is 0. The predicted octanol–water partition coefficient (Wildman–Crippen LogP) is 0.992. The lowest BCUT2D eigenvalue weighted by molar-refractivity contribution is -0.312. The third kappa shape index (κ3) is 1.73. The molecule has 0 unspecified atom stereocenters. The zero-order valence-electron chi connectivity index (χ0n) is 7.80. The molecule has 4 heteroatoms. The van der Waals surface area contributed by atoms with Crippen molar-refractivity contribution in [3.8, 4) is 0 Å². The average Bonchev–Trinajstić information content (AvgIpc) is 2.09. The first-order valence-electron chi connectivity index (χ1n) is 4.02. The first kappa shape index (κ1) is 10.6. The van der Waals surface area contributed by atoms with Gasteiger partial charge in [-0.2, -0.15) is 0 Å². The molecular weight excluding hydrogens is 190 g/mol. The van der Waals surface area contributed by atoms with Crippen LogP contribution in [0.3, 0.4) is 0 Å². The highest BCUT2D eigenvalue weighted by Gasteiger charge is 2.23. The van der Waals surface area contributed by atoms with Gasteiger partial charge in [-0.15, -0.1) is 0 Å². The summed E-state index contributed by atoms with van der Waals surface area (Å²) in [6.45, 7) is 2.74. The van der Waals surface area contributed by atoms with E-state index < -0.39 is 23.0 Å². The first-order chi connectivity index (χ1) is 6.35. The maximum Gasteiger partial charge on any atom is 0.159 e. The summed E-state index contributed by atoms with van der Waals surface area (Å²) in [5.41, 5.74) is -1.15. The van der Waals surface area contributed by atoms with E-state index in [2.05, 4.69) is 0 Å². The summed E-state index contributed by atoms with van der Waals surface area (Å²) in [5.74, 6) is -3.39. The van der Waals surface area contributed by atoms with Crippen molar-refractivity contribution in [3.05, 3.63) is 35.4 Å². The fraction of sp³-hybridized carbons (Fsp3) is 0.300. The number of hydrogen-bond donors (Lipinski definition) is 0. The SMILES string of the molecule is CC(C)(C(=O)[O-])c1ccc(F)c(F)c1. The van der Waals surface area contributed by atoms with Crippen LogP contribution < -0.4 is 5.11 Å². The summed E-state index contributed by atoms with van der Waals surface area (Å²) in [5, 5.41) is 10.7. The maximum atomic E-state index is 12.8. The molecule has 0 aliphatic heterocycles. The third-order valence-corrected chi connectivity index (χ3v) is 2.15. The Morgan fingerprint density at radius 3 is 2.29 bits per heavy atom. The van der Waals surface area contributed by atoms with Gasteiger partial charge in [0.25, 0.3) is 0 Å².